The number of carboxylic acids is 1. The van der Waals surface area contributed by atoms with Crippen molar-refractivity contribution >= 4 is 56.3 Å². The molecule has 2 aromatic heterocycles. The highest BCUT2D eigenvalue weighted by Gasteiger charge is 2.16. The van der Waals surface area contributed by atoms with Crippen LogP contribution in [0.4, 0.5) is 16.6 Å². The zero-order chi connectivity index (χ0) is 17.3. The summed E-state index contributed by atoms with van der Waals surface area (Å²) in [6, 6.07) is 6.75. The van der Waals surface area contributed by atoms with Crippen LogP contribution in [0, 0.1) is 0 Å². The first-order chi connectivity index (χ1) is 11.4. The van der Waals surface area contributed by atoms with Crippen LogP contribution in [0.25, 0.3) is 9.88 Å². The number of rotatable bonds is 5. The van der Waals surface area contributed by atoms with Gasteiger partial charge in [-0.25, -0.2) is 24.1 Å². The molecule has 0 amide bonds. The number of carbonyl (C=O) groups is 1. The third-order valence-electron chi connectivity index (χ3n) is 2.91. The first-order valence-corrected chi connectivity index (χ1v) is 9.33. The lowest BCUT2D eigenvalue weighted by molar-refractivity contribution is 0.0691. The number of nitrogens with one attached hydrogen (secondary N) is 1. The molecular formula is C13H11N5O3S3. The molecule has 1 atom stereocenters. The van der Waals surface area contributed by atoms with E-state index in [0.717, 1.165) is 5.69 Å². The van der Waals surface area contributed by atoms with Crippen LogP contribution in [0.1, 0.15) is 10.5 Å². The average Bonchev–Trinajstić information content (AvgIpc) is 3.14. The van der Waals surface area contributed by atoms with E-state index in [9.17, 15) is 9.00 Å². The number of carboxylic acid groups (broad SMARTS) is 1. The molecule has 3 rings (SSSR count). The molecule has 0 radical (unpaired) electrons. The van der Waals surface area contributed by atoms with Crippen molar-refractivity contribution in [1.82, 2.24) is 9.97 Å². The van der Waals surface area contributed by atoms with Gasteiger partial charge in [0, 0.05) is 11.1 Å². The zero-order valence-electron chi connectivity index (χ0n) is 11.9. The van der Waals surface area contributed by atoms with E-state index in [4.69, 9.17) is 16.0 Å². The van der Waals surface area contributed by atoms with E-state index in [1.54, 1.807) is 24.3 Å². The molecule has 1 unspecified atom stereocenters. The van der Waals surface area contributed by atoms with Gasteiger partial charge in [-0.2, -0.15) is 0 Å². The van der Waals surface area contributed by atoms with Crippen LogP contribution in [0.5, 0.6) is 0 Å². The Kier molecular flexibility index (Phi) is 4.57. The molecule has 6 N–H and O–H groups in total. The van der Waals surface area contributed by atoms with Gasteiger partial charge < -0.3 is 16.2 Å². The predicted molar refractivity (Wildman–Crippen MR) is 94.9 cm³/mol. The highest BCUT2D eigenvalue weighted by atomic mass is 32.2. The summed E-state index contributed by atoms with van der Waals surface area (Å²) in [7, 11) is -1.53. The molecular weight excluding hydrogens is 370 g/mol. The largest absolute Gasteiger partial charge is 0.476 e. The van der Waals surface area contributed by atoms with E-state index in [1.807, 2.05) is 0 Å². The van der Waals surface area contributed by atoms with Gasteiger partial charge in [0.05, 0.1) is 4.90 Å². The van der Waals surface area contributed by atoms with Gasteiger partial charge in [0.2, 0.25) is 0 Å². The lowest BCUT2D eigenvalue weighted by atomic mass is 10.3. The van der Waals surface area contributed by atoms with Gasteiger partial charge in [-0.15, -0.1) is 11.3 Å². The number of hydrogen-bond donors (Lipinski definition) is 4. The molecule has 0 saturated carbocycles. The van der Waals surface area contributed by atoms with Crippen molar-refractivity contribution in [3.05, 3.63) is 35.3 Å². The maximum Gasteiger partial charge on any atom is 0.355 e. The Morgan fingerprint density at radius 3 is 2.54 bits per heavy atom. The number of aromatic carboxylic acids is 1. The number of nitrogens with zero attached hydrogens (tertiary/aromatic N) is 2. The fourth-order valence-electron chi connectivity index (χ4n) is 1.81. The van der Waals surface area contributed by atoms with E-state index in [2.05, 4.69) is 15.3 Å². The SMILES string of the molecule is Nc1nc(Nc2ccc(S(N)=O)cc2)sc1-c1nc(C(=O)O)cs1. The Balaban J connectivity index is 1.83. The smallest absolute Gasteiger partial charge is 0.355 e. The minimum atomic E-state index is -1.53. The second-order valence-corrected chi connectivity index (χ2v) is 7.45. The lowest BCUT2D eigenvalue weighted by Gasteiger charge is -2.02. The van der Waals surface area contributed by atoms with Crippen molar-refractivity contribution in [2.75, 3.05) is 11.1 Å². The molecule has 0 fully saturated rings. The van der Waals surface area contributed by atoms with E-state index in [1.165, 1.54) is 28.1 Å². The summed E-state index contributed by atoms with van der Waals surface area (Å²) in [5.74, 6) is -0.815. The molecule has 0 bridgehead atoms. The van der Waals surface area contributed by atoms with Crippen LogP contribution in [-0.2, 0) is 11.0 Å². The van der Waals surface area contributed by atoms with E-state index >= 15 is 0 Å². The Bertz CT molecular complexity index is 919. The second kappa shape index (κ2) is 6.65. The lowest BCUT2D eigenvalue weighted by Crippen LogP contribution is -2.02. The van der Waals surface area contributed by atoms with Crippen LogP contribution in [0.3, 0.4) is 0 Å². The summed E-state index contributed by atoms with van der Waals surface area (Å²) in [6.45, 7) is 0. The van der Waals surface area contributed by atoms with E-state index in [0.29, 0.717) is 19.9 Å². The highest BCUT2D eigenvalue weighted by molar-refractivity contribution is 7.82. The van der Waals surface area contributed by atoms with Gasteiger partial charge >= 0.3 is 5.97 Å². The van der Waals surface area contributed by atoms with Crippen LogP contribution in [0.15, 0.2) is 34.5 Å². The fourth-order valence-corrected chi connectivity index (χ4v) is 4.01. The fraction of sp³-hybridized carbons (Fsp3) is 0. The van der Waals surface area contributed by atoms with Gasteiger partial charge in [0.15, 0.2) is 10.8 Å². The summed E-state index contributed by atoms with van der Waals surface area (Å²) in [5, 5.41) is 19.8. The minimum Gasteiger partial charge on any atom is -0.476 e. The molecule has 0 aliphatic heterocycles. The van der Waals surface area contributed by atoms with Gasteiger partial charge in [-0.3, -0.25) is 0 Å². The molecule has 24 heavy (non-hydrogen) atoms. The standard InChI is InChI=1S/C13H11N5O3S3/c14-10-9(11-17-8(5-22-11)12(19)20)23-13(18-10)16-6-1-3-7(4-2-6)24(15)21/h1-5H,14-15H2,(H,16,18)(H,19,20). The van der Waals surface area contributed by atoms with Crippen molar-refractivity contribution < 1.29 is 14.1 Å². The average molecular weight is 381 g/mol. The monoisotopic (exact) mass is 381 g/mol. The predicted octanol–water partition coefficient (Wildman–Crippen LogP) is 2.27. The first kappa shape index (κ1) is 16.5. The second-order valence-electron chi connectivity index (χ2n) is 4.52. The maximum absolute atomic E-state index is 11.2. The Morgan fingerprint density at radius 2 is 1.96 bits per heavy atom. The van der Waals surface area contributed by atoms with Crippen molar-refractivity contribution in [1.29, 1.82) is 0 Å². The third-order valence-corrected chi connectivity index (χ3v) is 5.63. The van der Waals surface area contributed by atoms with Crippen LogP contribution < -0.4 is 16.2 Å². The normalized spacial score (nSPS) is 12.0. The van der Waals surface area contributed by atoms with Gasteiger partial charge in [-0.05, 0) is 24.3 Å². The van der Waals surface area contributed by atoms with Crippen molar-refractivity contribution in [2.45, 2.75) is 4.90 Å². The molecule has 0 saturated heterocycles. The molecule has 0 spiro atoms. The third kappa shape index (κ3) is 3.43. The van der Waals surface area contributed by atoms with Crippen LogP contribution >= 0.6 is 22.7 Å². The molecule has 0 aliphatic rings. The summed E-state index contributed by atoms with van der Waals surface area (Å²) >= 11 is 2.46. The number of thiazole rings is 2. The van der Waals surface area contributed by atoms with Crippen LogP contribution in [0.2, 0.25) is 0 Å². The molecule has 8 nitrogen and oxygen atoms in total. The minimum absolute atomic E-state index is 0.0253. The number of hydrogen-bond acceptors (Lipinski definition) is 8. The van der Waals surface area contributed by atoms with Crippen molar-refractivity contribution in [3.8, 4) is 9.88 Å². The summed E-state index contributed by atoms with van der Waals surface area (Å²) in [6.07, 6.45) is 0. The summed E-state index contributed by atoms with van der Waals surface area (Å²) in [4.78, 5) is 20.3. The molecule has 3 aromatic rings. The summed E-state index contributed by atoms with van der Waals surface area (Å²) in [5.41, 5.74) is 6.60. The number of anilines is 3. The molecule has 124 valence electrons. The van der Waals surface area contributed by atoms with Crippen LogP contribution in [-0.4, -0.2) is 25.3 Å². The molecule has 0 aliphatic carbocycles. The first-order valence-electron chi connectivity index (χ1n) is 6.43. The highest BCUT2D eigenvalue weighted by Crippen LogP contribution is 2.37. The number of nitrogen functional groups attached to an aromatic ring is 1. The molecule has 11 heteroatoms. The Labute approximate surface area is 146 Å². The van der Waals surface area contributed by atoms with Gasteiger partial charge in [-0.1, -0.05) is 11.3 Å². The topological polar surface area (TPSA) is 144 Å². The van der Waals surface area contributed by atoms with Crippen molar-refractivity contribution in [2.24, 2.45) is 5.14 Å². The number of benzene rings is 1. The van der Waals surface area contributed by atoms with Gasteiger partial charge in [0.25, 0.3) is 0 Å². The Morgan fingerprint density at radius 1 is 1.25 bits per heavy atom. The molecule has 2 heterocycles. The molecule has 1 aromatic carbocycles. The zero-order valence-corrected chi connectivity index (χ0v) is 14.4. The quantitative estimate of drug-likeness (QED) is 0.530. The van der Waals surface area contributed by atoms with E-state index < -0.39 is 17.0 Å². The number of aromatic nitrogens is 2. The Hall–Kier alpha value is -2.34. The summed E-state index contributed by atoms with van der Waals surface area (Å²) < 4.78 is 11.2. The van der Waals surface area contributed by atoms with Crippen molar-refractivity contribution in [3.63, 3.8) is 0 Å². The van der Waals surface area contributed by atoms with Gasteiger partial charge in [0.1, 0.15) is 26.7 Å². The van der Waals surface area contributed by atoms with E-state index in [-0.39, 0.29) is 11.5 Å². The maximum atomic E-state index is 11.2. The number of nitrogens with two attached hydrogens (primary N) is 2.